The number of carbonyl (C=O) groups is 2. The van der Waals surface area contributed by atoms with E-state index in [0.717, 1.165) is 28.6 Å². The van der Waals surface area contributed by atoms with Crippen molar-refractivity contribution in [3.05, 3.63) is 28.6 Å². The summed E-state index contributed by atoms with van der Waals surface area (Å²) < 4.78 is 27.7. The van der Waals surface area contributed by atoms with Gasteiger partial charge < -0.3 is 9.47 Å². The zero-order valence-electron chi connectivity index (χ0n) is 17.1. The number of aryl methyl sites for hydroxylation is 2. The molecule has 7 nitrogen and oxygen atoms in total. The summed E-state index contributed by atoms with van der Waals surface area (Å²) in [4.78, 5) is 30.8. The lowest BCUT2D eigenvalue weighted by Gasteiger charge is -2.30. The summed E-state index contributed by atoms with van der Waals surface area (Å²) in [5.41, 5.74) is 2.07. The average Bonchev–Trinajstić information content (AvgIpc) is 2.96. The molecule has 1 aromatic heterocycles. The zero-order valence-corrected chi connectivity index (χ0v) is 18.7. The minimum atomic E-state index is -3.86. The molecule has 0 N–H and O–H groups in total. The summed E-state index contributed by atoms with van der Waals surface area (Å²) in [7, 11) is -3.86. The highest BCUT2D eigenvalue weighted by Crippen LogP contribution is 2.19. The monoisotopic (exact) mass is 437 g/mol. The van der Waals surface area contributed by atoms with Crippen LogP contribution < -0.4 is 4.80 Å². The van der Waals surface area contributed by atoms with Crippen molar-refractivity contribution in [1.82, 2.24) is 9.47 Å². The Kier molecular flexibility index (Phi) is 6.58. The van der Waals surface area contributed by atoms with Gasteiger partial charge in [0.2, 0.25) is 5.91 Å². The topological polar surface area (TPSA) is 88.8 Å². The van der Waals surface area contributed by atoms with Crippen LogP contribution in [-0.2, 0) is 26.0 Å². The van der Waals surface area contributed by atoms with Gasteiger partial charge in [0, 0.05) is 19.6 Å². The highest BCUT2D eigenvalue weighted by Gasteiger charge is 2.26. The Morgan fingerprint density at radius 3 is 2.55 bits per heavy atom. The lowest BCUT2D eigenvalue weighted by Crippen LogP contribution is -2.41. The van der Waals surface area contributed by atoms with Gasteiger partial charge in [-0.05, 0) is 50.3 Å². The molecule has 29 heavy (non-hydrogen) atoms. The van der Waals surface area contributed by atoms with Crippen LogP contribution in [-0.4, -0.2) is 54.3 Å². The Balaban J connectivity index is 1.74. The first-order valence-corrected chi connectivity index (χ1v) is 12.5. The molecule has 1 fully saturated rings. The number of likely N-dealkylation sites (tertiary alicyclic amines) is 1. The van der Waals surface area contributed by atoms with Crippen molar-refractivity contribution in [2.75, 3.05) is 24.6 Å². The van der Waals surface area contributed by atoms with Gasteiger partial charge in [-0.25, -0.2) is 8.42 Å². The van der Waals surface area contributed by atoms with Gasteiger partial charge in [-0.2, -0.15) is 4.99 Å². The van der Waals surface area contributed by atoms with E-state index in [-0.39, 0.29) is 0 Å². The molecule has 9 heteroatoms. The number of amides is 2. The molecular weight excluding hydrogens is 410 g/mol. The molecule has 1 aliphatic heterocycles. The molecule has 1 aromatic carbocycles. The predicted molar refractivity (Wildman–Crippen MR) is 114 cm³/mol. The van der Waals surface area contributed by atoms with Crippen LogP contribution in [0.25, 0.3) is 10.2 Å². The molecule has 0 radical (unpaired) electrons. The molecule has 3 rings (SSSR count). The second kappa shape index (κ2) is 8.79. The summed E-state index contributed by atoms with van der Waals surface area (Å²) in [6.45, 7) is 7.83. The van der Waals surface area contributed by atoms with Crippen molar-refractivity contribution in [2.24, 2.45) is 10.9 Å². The van der Waals surface area contributed by atoms with E-state index >= 15 is 0 Å². The van der Waals surface area contributed by atoms with Gasteiger partial charge in [-0.3, -0.25) is 9.59 Å². The minimum Gasteiger partial charge on any atom is -0.342 e. The Bertz CT molecular complexity index is 1090. The smallest absolute Gasteiger partial charge is 0.263 e. The molecule has 0 saturated carbocycles. The second-order valence-electron chi connectivity index (χ2n) is 7.70. The van der Waals surface area contributed by atoms with E-state index < -0.39 is 33.2 Å². The lowest BCUT2D eigenvalue weighted by atomic mass is 9.99. The Hall–Kier alpha value is -2.00. The van der Waals surface area contributed by atoms with Gasteiger partial charge in [-0.1, -0.05) is 24.3 Å². The second-order valence-corrected chi connectivity index (χ2v) is 10.8. The number of sulfone groups is 1. The van der Waals surface area contributed by atoms with Gasteiger partial charge in [0.25, 0.3) is 5.91 Å². The third-order valence-electron chi connectivity index (χ3n) is 5.20. The maximum absolute atomic E-state index is 12.4. The molecule has 2 aromatic rings. The first-order valence-electron chi connectivity index (χ1n) is 9.84. The standard InChI is InChI=1S/C20H27N3O4S2/c1-4-23-16-6-5-15(3)11-17(16)28-20(23)21-18(24)12-29(26,27)13-19(25)22-9-7-14(2)8-10-22/h5-6,11,14H,4,7-10,12-13H2,1-3H3. The summed E-state index contributed by atoms with van der Waals surface area (Å²) >= 11 is 1.36. The number of rotatable bonds is 5. The number of nitrogens with zero attached hydrogens (tertiary/aromatic N) is 3. The fourth-order valence-electron chi connectivity index (χ4n) is 3.49. The van der Waals surface area contributed by atoms with E-state index in [0.29, 0.717) is 30.4 Å². The highest BCUT2D eigenvalue weighted by molar-refractivity contribution is 7.92. The van der Waals surface area contributed by atoms with Crippen LogP contribution in [0.4, 0.5) is 0 Å². The van der Waals surface area contributed by atoms with E-state index in [1.807, 2.05) is 36.6 Å². The molecule has 0 atom stereocenters. The van der Waals surface area contributed by atoms with Gasteiger partial charge in [-0.15, -0.1) is 0 Å². The van der Waals surface area contributed by atoms with Gasteiger partial charge >= 0.3 is 0 Å². The Morgan fingerprint density at radius 1 is 1.21 bits per heavy atom. The quantitative estimate of drug-likeness (QED) is 0.717. The number of thiazole rings is 1. The minimum absolute atomic E-state index is 0.425. The van der Waals surface area contributed by atoms with E-state index in [1.54, 1.807) is 4.90 Å². The third-order valence-corrected chi connectivity index (χ3v) is 7.61. The number of aromatic nitrogens is 1. The maximum Gasteiger partial charge on any atom is 0.263 e. The summed E-state index contributed by atoms with van der Waals surface area (Å²) in [5, 5.41) is 0. The Morgan fingerprint density at radius 2 is 1.90 bits per heavy atom. The van der Waals surface area contributed by atoms with Crippen LogP contribution in [0.3, 0.4) is 0 Å². The molecule has 0 aliphatic carbocycles. The number of hydrogen-bond acceptors (Lipinski definition) is 5. The Labute approximate surface area is 175 Å². The van der Waals surface area contributed by atoms with Gasteiger partial charge in [0.15, 0.2) is 14.6 Å². The van der Waals surface area contributed by atoms with E-state index in [1.165, 1.54) is 11.3 Å². The van der Waals surface area contributed by atoms with Crippen molar-refractivity contribution in [3.8, 4) is 0 Å². The van der Waals surface area contributed by atoms with Crippen LogP contribution in [0.1, 0.15) is 32.3 Å². The largest absolute Gasteiger partial charge is 0.342 e. The van der Waals surface area contributed by atoms with E-state index in [4.69, 9.17) is 0 Å². The van der Waals surface area contributed by atoms with Crippen molar-refractivity contribution in [2.45, 2.75) is 40.2 Å². The van der Waals surface area contributed by atoms with Crippen LogP contribution in [0, 0.1) is 12.8 Å². The zero-order chi connectivity index (χ0) is 21.2. The summed E-state index contributed by atoms with van der Waals surface area (Å²) in [5.74, 6) is -2.00. The van der Waals surface area contributed by atoms with Crippen LogP contribution in [0.5, 0.6) is 0 Å². The SMILES string of the molecule is CCn1c(=NC(=O)CS(=O)(=O)CC(=O)N2CCC(C)CC2)sc2cc(C)ccc21. The van der Waals surface area contributed by atoms with E-state index in [9.17, 15) is 18.0 Å². The van der Waals surface area contributed by atoms with Crippen molar-refractivity contribution in [3.63, 3.8) is 0 Å². The van der Waals surface area contributed by atoms with E-state index in [2.05, 4.69) is 11.9 Å². The number of hydrogen-bond donors (Lipinski definition) is 0. The first kappa shape index (κ1) is 21.7. The molecule has 0 spiro atoms. The maximum atomic E-state index is 12.4. The van der Waals surface area contributed by atoms with Crippen molar-refractivity contribution >= 4 is 43.2 Å². The summed E-state index contributed by atoms with van der Waals surface area (Å²) in [6.07, 6.45) is 1.75. The third kappa shape index (κ3) is 5.33. The van der Waals surface area contributed by atoms with Crippen molar-refractivity contribution in [1.29, 1.82) is 0 Å². The fourth-order valence-corrected chi connectivity index (χ4v) is 5.80. The number of piperidine rings is 1. The fraction of sp³-hybridized carbons (Fsp3) is 0.550. The molecule has 1 saturated heterocycles. The van der Waals surface area contributed by atoms with Gasteiger partial charge in [0.05, 0.1) is 10.2 Å². The summed E-state index contributed by atoms with van der Waals surface area (Å²) in [6, 6.07) is 5.98. The molecule has 1 aliphatic rings. The van der Waals surface area contributed by atoms with Crippen LogP contribution >= 0.6 is 11.3 Å². The number of benzene rings is 1. The molecular formula is C20H27N3O4S2. The number of fused-ring (bicyclic) bond motifs is 1. The number of carbonyl (C=O) groups excluding carboxylic acids is 2. The normalized spacial score (nSPS) is 16.5. The molecule has 0 bridgehead atoms. The predicted octanol–water partition coefficient (Wildman–Crippen LogP) is 2.13. The van der Waals surface area contributed by atoms with Crippen LogP contribution in [0.15, 0.2) is 23.2 Å². The molecule has 2 amide bonds. The molecule has 0 unspecified atom stereocenters. The molecule has 2 heterocycles. The average molecular weight is 438 g/mol. The first-order chi connectivity index (χ1) is 13.7. The highest BCUT2D eigenvalue weighted by atomic mass is 32.2. The van der Waals surface area contributed by atoms with Crippen molar-refractivity contribution < 1.29 is 18.0 Å². The van der Waals surface area contributed by atoms with Gasteiger partial charge in [0.1, 0.15) is 11.5 Å². The van der Waals surface area contributed by atoms with Crippen LogP contribution in [0.2, 0.25) is 0 Å². The lowest BCUT2D eigenvalue weighted by molar-refractivity contribution is -0.129. The molecule has 158 valence electrons.